The van der Waals surface area contributed by atoms with Gasteiger partial charge in [0.05, 0.1) is 10.6 Å². The molecule has 7 nitrogen and oxygen atoms in total. The third kappa shape index (κ3) is 6.85. The molecule has 0 aliphatic heterocycles. The molecule has 138 valence electrons. The Kier molecular flexibility index (Phi) is 7.16. The van der Waals surface area contributed by atoms with Gasteiger partial charge in [0, 0.05) is 12.1 Å². The SMILES string of the molecule is C=CCNS(=O)(=O)c1cc(C(=O)OCC(=O)NC(C)(C)C)ccc1Cl. The minimum atomic E-state index is -3.90. The second-order valence-electron chi connectivity index (χ2n) is 6.16. The van der Waals surface area contributed by atoms with Gasteiger partial charge in [0.15, 0.2) is 6.61 Å². The lowest BCUT2D eigenvalue weighted by atomic mass is 10.1. The number of nitrogens with one attached hydrogen (secondary N) is 2. The highest BCUT2D eigenvalue weighted by atomic mass is 35.5. The second-order valence-corrected chi connectivity index (χ2v) is 8.30. The van der Waals surface area contributed by atoms with Crippen LogP contribution in [0.15, 0.2) is 35.7 Å². The summed E-state index contributed by atoms with van der Waals surface area (Å²) in [7, 11) is -3.90. The van der Waals surface area contributed by atoms with Gasteiger partial charge in [-0.3, -0.25) is 4.79 Å². The first-order valence-electron chi connectivity index (χ1n) is 7.34. The van der Waals surface area contributed by atoms with Crippen molar-refractivity contribution in [1.82, 2.24) is 10.0 Å². The highest BCUT2D eigenvalue weighted by Crippen LogP contribution is 2.23. The van der Waals surface area contributed by atoms with Crippen LogP contribution >= 0.6 is 11.6 Å². The van der Waals surface area contributed by atoms with E-state index in [0.717, 1.165) is 6.07 Å². The summed E-state index contributed by atoms with van der Waals surface area (Å²) in [6.45, 7) is 8.33. The van der Waals surface area contributed by atoms with E-state index in [9.17, 15) is 18.0 Å². The topological polar surface area (TPSA) is 102 Å². The van der Waals surface area contributed by atoms with Gasteiger partial charge >= 0.3 is 5.97 Å². The first-order chi connectivity index (χ1) is 11.5. The lowest BCUT2D eigenvalue weighted by molar-refractivity contribution is -0.125. The van der Waals surface area contributed by atoms with E-state index >= 15 is 0 Å². The number of ether oxygens (including phenoxy) is 1. The van der Waals surface area contributed by atoms with E-state index in [4.69, 9.17) is 16.3 Å². The fraction of sp³-hybridized carbons (Fsp3) is 0.375. The summed E-state index contributed by atoms with van der Waals surface area (Å²) >= 11 is 5.90. The van der Waals surface area contributed by atoms with Gasteiger partial charge in [0.2, 0.25) is 10.0 Å². The van der Waals surface area contributed by atoms with E-state index in [1.54, 1.807) is 20.8 Å². The van der Waals surface area contributed by atoms with Crippen LogP contribution in [0.2, 0.25) is 5.02 Å². The van der Waals surface area contributed by atoms with Crippen LogP contribution in [0, 0.1) is 0 Å². The third-order valence-corrected chi connectivity index (χ3v) is 4.63. The number of carbonyl (C=O) groups excluding carboxylic acids is 2. The summed E-state index contributed by atoms with van der Waals surface area (Å²) in [5, 5.41) is 2.60. The van der Waals surface area contributed by atoms with E-state index in [0.29, 0.717) is 0 Å². The van der Waals surface area contributed by atoms with E-state index in [2.05, 4.69) is 16.6 Å². The predicted molar refractivity (Wildman–Crippen MR) is 95.0 cm³/mol. The molecule has 0 heterocycles. The number of benzene rings is 1. The summed E-state index contributed by atoms with van der Waals surface area (Å²) in [6.07, 6.45) is 1.37. The maximum atomic E-state index is 12.1. The van der Waals surface area contributed by atoms with Crippen LogP contribution in [0.1, 0.15) is 31.1 Å². The molecule has 0 saturated heterocycles. The van der Waals surface area contributed by atoms with E-state index in [1.165, 1.54) is 18.2 Å². The van der Waals surface area contributed by atoms with Crippen LogP contribution in [0.3, 0.4) is 0 Å². The lowest BCUT2D eigenvalue weighted by Gasteiger charge is -2.20. The van der Waals surface area contributed by atoms with Crippen molar-refractivity contribution < 1.29 is 22.7 Å². The molecule has 1 amide bonds. The van der Waals surface area contributed by atoms with Crippen molar-refractivity contribution in [3.05, 3.63) is 41.4 Å². The Morgan fingerprint density at radius 3 is 2.52 bits per heavy atom. The summed E-state index contributed by atoms with van der Waals surface area (Å²) in [5.41, 5.74) is -0.492. The lowest BCUT2D eigenvalue weighted by Crippen LogP contribution is -2.42. The molecule has 0 spiro atoms. The minimum absolute atomic E-state index is 0.0142. The summed E-state index contributed by atoms with van der Waals surface area (Å²) < 4.78 is 31.5. The van der Waals surface area contributed by atoms with Crippen molar-refractivity contribution in [1.29, 1.82) is 0 Å². The average molecular weight is 389 g/mol. The molecule has 1 rings (SSSR count). The predicted octanol–water partition coefficient (Wildman–Crippen LogP) is 1.88. The van der Waals surface area contributed by atoms with Crippen LogP contribution in [0.25, 0.3) is 0 Å². The van der Waals surface area contributed by atoms with Gasteiger partial charge in [-0.25, -0.2) is 17.9 Å². The van der Waals surface area contributed by atoms with Crippen molar-refractivity contribution in [2.75, 3.05) is 13.2 Å². The molecule has 0 aliphatic carbocycles. The standard InChI is InChI=1S/C16H21ClN2O5S/c1-5-8-18-25(22,23)13-9-11(6-7-12(13)17)15(21)24-10-14(20)19-16(2,3)4/h5-7,9,18H,1,8,10H2,2-4H3,(H,19,20). The molecule has 0 atom stereocenters. The maximum Gasteiger partial charge on any atom is 0.338 e. The molecule has 1 aromatic carbocycles. The molecule has 1 aromatic rings. The van der Waals surface area contributed by atoms with Crippen LogP contribution in [-0.4, -0.2) is 39.0 Å². The highest BCUT2D eigenvalue weighted by Gasteiger charge is 2.21. The number of esters is 1. The first kappa shape index (κ1) is 21.1. The van der Waals surface area contributed by atoms with E-state index in [1.807, 2.05) is 0 Å². The summed E-state index contributed by atoms with van der Waals surface area (Å²) in [4.78, 5) is 23.5. The number of carbonyl (C=O) groups is 2. The maximum absolute atomic E-state index is 12.1. The molecule has 0 radical (unpaired) electrons. The largest absolute Gasteiger partial charge is 0.452 e. The van der Waals surface area contributed by atoms with Crippen molar-refractivity contribution in [3.63, 3.8) is 0 Å². The Hall–Kier alpha value is -1.90. The zero-order chi connectivity index (χ0) is 19.3. The molecule has 0 fully saturated rings. The Morgan fingerprint density at radius 1 is 1.32 bits per heavy atom. The fourth-order valence-corrected chi connectivity index (χ4v) is 3.27. The average Bonchev–Trinajstić information content (AvgIpc) is 2.49. The number of hydrogen-bond acceptors (Lipinski definition) is 5. The normalized spacial score (nSPS) is 11.7. The second kappa shape index (κ2) is 8.46. The van der Waals surface area contributed by atoms with Crippen LogP contribution in [0.4, 0.5) is 0 Å². The molecular formula is C16H21ClN2O5S. The third-order valence-electron chi connectivity index (χ3n) is 2.72. The van der Waals surface area contributed by atoms with Gasteiger partial charge in [0.25, 0.3) is 5.91 Å². The van der Waals surface area contributed by atoms with Crippen molar-refractivity contribution in [3.8, 4) is 0 Å². The van der Waals surface area contributed by atoms with Crippen LogP contribution in [0.5, 0.6) is 0 Å². The fourth-order valence-electron chi connectivity index (χ4n) is 1.75. The molecule has 25 heavy (non-hydrogen) atoms. The molecular weight excluding hydrogens is 368 g/mol. The molecule has 0 aliphatic rings. The van der Waals surface area contributed by atoms with Crippen molar-refractivity contribution in [2.45, 2.75) is 31.2 Å². The zero-order valence-electron chi connectivity index (χ0n) is 14.3. The van der Waals surface area contributed by atoms with Gasteiger partial charge in [0.1, 0.15) is 4.90 Å². The van der Waals surface area contributed by atoms with Gasteiger partial charge < -0.3 is 10.1 Å². The van der Waals surface area contributed by atoms with Crippen molar-refractivity contribution in [2.24, 2.45) is 0 Å². The smallest absolute Gasteiger partial charge is 0.338 e. The molecule has 0 saturated carbocycles. The van der Waals surface area contributed by atoms with Gasteiger partial charge in [-0.05, 0) is 39.0 Å². The summed E-state index contributed by atoms with van der Waals surface area (Å²) in [5.74, 6) is -1.30. The minimum Gasteiger partial charge on any atom is -0.452 e. The number of sulfonamides is 1. The van der Waals surface area contributed by atoms with E-state index in [-0.39, 0.29) is 22.0 Å². The Bertz CT molecular complexity index is 769. The first-order valence-corrected chi connectivity index (χ1v) is 9.20. The van der Waals surface area contributed by atoms with Crippen LogP contribution in [-0.2, 0) is 19.6 Å². The number of hydrogen-bond donors (Lipinski definition) is 2. The molecule has 0 bridgehead atoms. The number of halogens is 1. The van der Waals surface area contributed by atoms with Gasteiger partial charge in [-0.15, -0.1) is 6.58 Å². The monoisotopic (exact) mass is 388 g/mol. The Morgan fingerprint density at radius 2 is 1.96 bits per heavy atom. The molecule has 0 aromatic heterocycles. The van der Waals surface area contributed by atoms with Crippen molar-refractivity contribution >= 4 is 33.5 Å². The quantitative estimate of drug-likeness (QED) is 0.548. The number of rotatable bonds is 7. The molecule has 9 heteroatoms. The highest BCUT2D eigenvalue weighted by molar-refractivity contribution is 7.89. The number of amides is 1. The van der Waals surface area contributed by atoms with Gasteiger partial charge in [-0.1, -0.05) is 17.7 Å². The molecule has 0 unspecified atom stereocenters. The summed E-state index contributed by atoms with van der Waals surface area (Å²) in [6, 6.07) is 3.69. The zero-order valence-corrected chi connectivity index (χ0v) is 15.8. The van der Waals surface area contributed by atoms with Crippen LogP contribution < -0.4 is 10.0 Å². The Balaban J connectivity index is 2.89. The Labute approximate surface area is 152 Å². The van der Waals surface area contributed by atoms with Gasteiger partial charge in [-0.2, -0.15) is 0 Å². The van der Waals surface area contributed by atoms with E-state index < -0.39 is 34.0 Å². The molecule has 2 N–H and O–H groups in total.